The van der Waals surface area contributed by atoms with E-state index < -0.39 is 12.0 Å². The summed E-state index contributed by atoms with van der Waals surface area (Å²) in [4.78, 5) is 23.2. The van der Waals surface area contributed by atoms with Crippen molar-refractivity contribution in [3.63, 3.8) is 0 Å². The van der Waals surface area contributed by atoms with E-state index in [0.717, 1.165) is 0 Å². The number of hydrogen-bond donors (Lipinski definition) is 2. The first kappa shape index (κ1) is 9.97. The average molecular weight is 213 g/mol. The zero-order valence-electron chi connectivity index (χ0n) is 7.92. The minimum atomic E-state index is -0.993. The molecule has 6 nitrogen and oxygen atoms in total. The summed E-state index contributed by atoms with van der Waals surface area (Å²) in [5.74, 6) is -0.712. The van der Waals surface area contributed by atoms with Crippen LogP contribution in [0.1, 0.15) is 12.8 Å². The maximum absolute atomic E-state index is 11.2. The van der Waals surface area contributed by atoms with Gasteiger partial charge in [-0.3, -0.25) is 14.5 Å². The molecule has 2 N–H and O–H groups in total. The summed E-state index contributed by atoms with van der Waals surface area (Å²) < 4.78 is 5.33. The number of fused-ring (bicyclic) bond motifs is 1. The Bertz CT molecular complexity index is 337. The molecule has 2 aliphatic heterocycles. The van der Waals surface area contributed by atoms with E-state index in [9.17, 15) is 9.59 Å². The van der Waals surface area contributed by atoms with Crippen LogP contribution >= 0.6 is 0 Å². The van der Waals surface area contributed by atoms with Crippen molar-refractivity contribution in [1.82, 2.24) is 4.90 Å². The molecule has 2 aliphatic rings. The fourth-order valence-electron chi connectivity index (χ4n) is 1.89. The number of nitrogens with zero attached hydrogens (tertiary/aromatic N) is 1. The Morgan fingerprint density at radius 3 is 2.93 bits per heavy atom. The molecular formula is C9H11NO5. The van der Waals surface area contributed by atoms with Gasteiger partial charge in [0, 0.05) is 0 Å². The topological polar surface area (TPSA) is 87.1 Å². The van der Waals surface area contributed by atoms with Gasteiger partial charge in [-0.1, -0.05) is 0 Å². The maximum atomic E-state index is 11.2. The van der Waals surface area contributed by atoms with Crippen LogP contribution in [0.5, 0.6) is 0 Å². The van der Waals surface area contributed by atoms with Gasteiger partial charge < -0.3 is 14.9 Å². The van der Waals surface area contributed by atoms with Crippen molar-refractivity contribution < 1.29 is 24.5 Å². The van der Waals surface area contributed by atoms with Gasteiger partial charge in [0.05, 0.1) is 19.4 Å². The molecule has 15 heavy (non-hydrogen) atoms. The van der Waals surface area contributed by atoms with E-state index in [1.807, 2.05) is 0 Å². The number of aliphatic hydroxyl groups excluding tert-OH is 1. The van der Waals surface area contributed by atoms with Crippen LogP contribution in [0.4, 0.5) is 0 Å². The van der Waals surface area contributed by atoms with Gasteiger partial charge in [0.25, 0.3) is 0 Å². The van der Waals surface area contributed by atoms with E-state index in [0.29, 0.717) is 12.2 Å². The summed E-state index contributed by atoms with van der Waals surface area (Å²) in [6, 6.07) is -0.555. The number of ether oxygens (including phenoxy) is 1. The molecule has 0 saturated carbocycles. The Morgan fingerprint density at radius 2 is 2.40 bits per heavy atom. The number of hydrogen-bond acceptors (Lipinski definition) is 4. The van der Waals surface area contributed by atoms with Crippen LogP contribution in [-0.2, 0) is 14.3 Å². The third kappa shape index (κ3) is 1.56. The molecule has 2 saturated heterocycles. The van der Waals surface area contributed by atoms with Gasteiger partial charge >= 0.3 is 5.97 Å². The van der Waals surface area contributed by atoms with Gasteiger partial charge in [-0.25, -0.2) is 0 Å². The van der Waals surface area contributed by atoms with Gasteiger partial charge in [0.2, 0.25) is 5.91 Å². The Morgan fingerprint density at radius 1 is 1.67 bits per heavy atom. The van der Waals surface area contributed by atoms with Crippen molar-refractivity contribution in [3.8, 4) is 0 Å². The number of rotatable bonds is 3. The first-order valence-corrected chi connectivity index (χ1v) is 4.64. The Hall–Kier alpha value is -1.56. The van der Waals surface area contributed by atoms with Crippen LogP contribution in [0.15, 0.2) is 11.8 Å². The molecule has 2 atom stereocenters. The van der Waals surface area contributed by atoms with Crippen LogP contribution in [-0.4, -0.2) is 45.9 Å². The lowest BCUT2D eigenvalue weighted by Crippen LogP contribution is -2.53. The molecule has 0 aliphatic carbocycles. The molecule has 0 unspecified atom stereocenters. The lowest BCUT2D eigenvalue weighted by atomic mass is 10.1. The minimum absolute atomic E-state index is 0.104. The fraction of sp³-hybridized carbons (Fsp3) is 0.556. The quantitative estimate of drug-likeness (QED) is 0.605. The second-order valence-corrected chi connectivity index (χ2v) is 3.48. The summed E-state index contributed by atoms with van der Waals surface area (Å²) in [5, 5.41) is 17.4. The highest BCUT2D eigenvalue weighted by molar-refractivity contribution is 5.85. The maximum Gasteiger partial charge on any atom is 0.305 e. The predicted molar refractivity (Wildman–Crippen MR) is 47.5 cm³/mol. The largest absolute Gasteiger partial charge is 0.481 e. The van der Waals surface area contributed by atoms with E-state index in [4.69, 9.17) is 14.9 Å². The van der Waals surface area contributed by atoms with Crippen LogP contribution in [0, 0.1) is 0 Å². The SMILES string of the molecule is O=C(O)C[C@@H]1/C(=C/CO)O[C@@H]2CC(=O)N12. The number of carboxylic acids is 1. The van der Waals surface area contributed by atoms with Crippen LogP contribution in [0.25, 0.3) is 0 Å². The number of aliphatic carboxylic acids is 1. The number of amides is 1. The molecule has 0 aromatic heterocycles. The average Bonchev–Trinajstić information content (AvgIpc) is 2.38. The first-order chi connectivity index (χ1) is 7.13. The van der Waals surface area contributed by atoms with Gasteiger partial charge in [-0.05, 0) is 6.08 Å². The Balaban J connectivity index is 2.17. The lowest BCUT2D eigenvalue weighted by Gasteiger charge is -2.34. The molecule has 0 bridgehead atoms. The zero-order chi connectivity index (χ0) is 11.0. The second-order valence-electron chi connectivity index (χ2n) is 3.48. The Labute approximate surface area is 85.7 Å². The number of carbonyl (C=O) groups is 2. The third-order valence-electron chi connectivity index (χ3n) is 2.54. The van der Waals surface area contributed by atoms with Crippen LogP contribution < -0.4 is 0 Å². The van der Waals surface area contributed by atoms with Gasteiger partial charge in [0.15, 0.2) is 6.23 Å². The summed E-state index contributed by atoms with van der Waals surface area (Å²) in [6.45, 7) is -0.222. The number of aliphatic hydroxyl groups is 1. The van der Waals surface area contributed by atoms with Gasteiger partial charge in [-0.2, -0.15) is 0 Å². The molecule has 82 valence electrons. The smallest absolute Gasteiger partial charge is 0.305 e. The predicted octanol–water partition coefficient (Wildman–Crippen LogP) is -0.706. The van der Waals surface area contributed by atoms with Crippen molar-refractivity contribution in [2.45, 2.75) is 25.1 Å². The third-order valence-corrected chi connectivity index (χ3v) is 2.54. The molecule has 2 fully saturated rings. The van der Waals surface area contributed by atoms with Crippen molar-refractivity contribution in [1.29, 1.82) is 0 Å². The molecule has 0 aromatic carbocycles. The Kier molecular flexibility index (Phi) is 2.36. The van der Waals surface area contributed by atoms with E-state index in [1.54, 1.807) is 0 Å². The molecule has 2 heterocycles. The van der Waals surface area contributed by atoms with Crippen molar-refractivity contribution in [3.05, 3.63) is 11.8 Å². The summed E-state index contributed by atoms with van der Waals surface area (Å²) >= 11 is 0. The zero-order valence-corrected chi connectivity index (χ0v) is 7.92. The molecular weight excluding hydrogens is 202 g/mol. The lowest BCUT2D eigenvalue weighted by molar-refractivity contribution is -0.157. The summed E-state index contributed by atoms with van der Waals surface area (Å²) in [7, 11) is 0. The number of carboxylic acid groups (broad SMARTS) is 1. The van der Waals surface area contributed by atoms with E-state index >= 15 is 0 Å². The van der Waals surface area contributed by atoms with Crippen LogP contribution in [0.2, 0.25) is 0 Å². The monoisotopic (exact) mass is 213 g/mol. The number of carbonyl (C=O) groups excluding carboxylic acids is 1. The summed E-state index contributed by atoms with van der Waals surface area (Å²) in [5.41, 5.74) is 0. The van der Waals surface area contributed by atoms with Crippen molar-refractivity contribution in [2.24, 2.45) is 0 Å². The molecule has 0 aromatic rings. The standard InChI is InChI=1S/C9H11NO5/c11-2-1-6-5(3-9(13)14)10-7(12)4-8(10)15-6/h1,5,8,11H,2-4H2,(H,13,14)/b6-1-/t5-,8-/m1/s1. The van der Waals surface area contributed by atoms with Crippen molar-refractivity contribution >= 4 is 11.9 Å². The van der Waals surface area contributed by atoms with Gasteiger partial charge in [-0.15, -0.1) is 0 Å². The van der Waals surface area contributed by atoms with E-state index in [1.165, 1.54) is 11.0 Å². The van der Waals surface area contributed by atoms with E-state index in [2.05, 4.69) is 0 Å². The highest BCUT2D eigenvalue weighted by Crippen LogP contribution is 2.37. The molecule has 6 heteroatoms. The van der Waals surface area contributed by atoms with E-state index in [-0.39, 0.29) is 25.2 Å². The molecule has 0 spiro atoms. The van der Waals surface area contributed by atoms with Crippen LogP contribution in [0.3, 0.4) is 0 Å². The first-order valence-electron chi connectivity index (χ1n) is 4.64. The molecule has 2 rings (SSSR count). The van der Waals surface area contributed by atoms with Gasteiger partial charge in [0.1, 0.15) is 11.8 Å². The molecule has 0 radical (unpaired) electrons. The molecule has 1 amide bonds. The highest BCUT2D eigenvalue weighted by Gasteiger charge is 2.50. The second kappa shape index (κ2) is 3.54. The highest BCUT2D eigenvalue weighted by atomic mass is 16.5. The van der Waals surface area contributed by atoms with Crippen molar-refractivity contribution in [2.75, 3.05) is 6.61 Å². The normalized spacial score (nSPS) is 31.1. The fourth-order valence-corrected chi connectivity index (χ4v) is 1.89. The number of β-lactam (4-membered cyclic amide) rings is 1. The summed E-state index contributed by atoms with van der Waals surface area (Å²) in [6.07, 6.45) is 1.17. The minimum Gasteiger partial charge on any atom is -0.481 e.